The number of para-hydroxylation sites is 2. The third-order valence-electron chi connectivity index (χ3n) is 6.24. The Bertz CT molecular complexity index is 1320. The third-order valence-corrected chi connectivity index (χ3v) is 6.48. The lowest BCUT2D eigenvalue weighted by atomic mass is 9.97. The molecule has 2 aromatic carbocycles. The zero-order valence-electron chi connectivity index (χ0n) is 19.0. The van der Waals surface area contributed by atoms with Crippen LogP contribution in [-0.4, -0.2) is 47.2 Å². The summed E-state index contributed by atoms with van der Waals surface area (Å²) < 4.78 is 1.66. The molecule has 4 aromatic rings. The van der Waals surface area contributed by atoms with Crippen molar-refractivity contribution in [3.05, 3.63) is 77.7 Å². The average Bonchev–Trinajstić information content (AvgIpc) is 3.28. The van der Waals surface area contributed by atoms with E-state index in [0.29, 0.717) is 22.3 Å². The minimum atomic E-state index is -0.253. The van der Waals surface area contributed by atoms with E-state index in [1.807, 2.05) is 49.5 Å². The number of hydrogen-bond acceptors (Lipinski definition) is 5. The molecule has 1 aliphatic rings. The van der Waals surface area contributed by atoms with Gasteiger partial charge in [-0.1, -0.05) is 35.9 Å². The smallest absolute Gasteiger partial charge is 0.274 e. The summed E-state index contributed by atoms with van der Waals surface area (Å²) in [6.07, 6.45) is 5.85. The minimum Gasteiger partial charge on any atom is -0.370 e. The fraction of sp³-hybridized carbons (Fsp3) is 0.269. The molecule has 0 radical (unpaired) electrons. The van der Waals surface area contributed by atoms with Crippen molar-refractivity contribution in [1.29, 1.82) is 0 Å². The highest BCUT2D eigenvalue weighted by molar-refractivity contribution is 6.30. The van der Waals surface area contributed by atoms with Crippen LogP contribution in [0.4, 0.5) is 11.4 Å². The first kappa shape index (κ1) is 22.4. The van der Waals surface area contributed by atoms with Crippen molar-refractivity contribution in [2.24, 2.45) is 5.92 Å². The number of hydrogen-bond donors (Lipinski definition) is 2. The summed E-state index contributed by atoms with van der Waals surface area (Å²) in [7, 11) is 2.00. The van der Waals surface area contributed by atoms with Crippen molar-refractivity contribution in [1.82, 2.24) is 19.9 Å². The lowest BCUT2D eigenvalue weighted by Gasteiger charge is -2.35. The number of benzene rings is 2. The van der Waals surface area contributed by atoms with E-state index in [1.165, 1.54) is 6.42 Å². The summed E-state index contributed by atoms with van der Waals surface area (Å²) in [5, 5.41) is 11.4. The molecule has 2 N–H and O–H groups in total. The highest BCUT2D eigenvalue weighted by atomic mass is 35.5. The molecule has 1 atom stereocenters. The summed E-state index contributed by atoms with van der Waals surface area (Å²) >= 11 is 6.17. The Labute approximate surface area is 203 Å². The molecule has 0 bridgehead atoms. The molecule has 5 rings (SSSR count). The summed E-state index contributed by atoms with van der Waals surface area (Å²) in [4.78, 5) is 20.2. The largest absolute Gasteiger partial charge is 0.370 e. The Kier molecular flexibility index (Phi) is 6.47. The Hall–Kier alpha value is -3.42. The third kappa shape index (κ3) is 4.62. The van der Waals surface area contributed by atoms with E-state index in [0.717, 1.165) is 48.6 Å². The van der Waals surface area contributed by atoms with Gasteiger partial charge in [-0.2, -0.15) is 5.10 Å². The number of halogens is 1. The van der Waals surface area contributed by atoms with Gasteiger partial charge in [0.2, 0.25) is 0 Å². The van der Waals surface area contributed by atoms with E-state index in [-0.39, 0.29) is 5.91 Å². The Balaban J connectivity index is 1.41. The molecule has 8 heteroatoms. The van der Waals surface area contributed by atoms with Crippen LogP contribution in [0.2, 0.25) is 5.02 Å². The standard InChI is InChI=1S/C26H27ClN6O/c1-28-15-18-6-5-12-32(17-18)24-10-3-2-9-22(24)31-26(34)23-11-13-33-25(30-23)21(16-29-33)19-7-4-8-20(27)14-19/h2-4,7-11,13-14,16,18,28H,5-6,12,15,17H2,1H3,(H,31,34). The minimum absolute atomic E-state index is 0.253. The molecule has 2 aromatic heterocycles. The molecule has 0 spiro atoms. The molecule has 1 saturated heterocycles. The highest BCUT2D eigenvalue weighted by Gasteiger charge is 2.22. The first-order valence-electron chi connectivity index (χ1n) is 11.5. The Morgan fingerprint density at radius 3 is 2.91 bits per heavy atom. The average molecular weight is 475 g/mol. The number of anilines is 2. The van der Waals surface area contributed by atoms with Crippen LogP contribution in [-0.2, 0) is 0 Å². The second-order valence-corrected chi connectivity index (χ2v) is 9.07. The van der Waals surface area contributed by atoms with Gasteiger partial charge in [0.15, 0.2) is 5.65 Å². The van der Waals surface area contributed by atoms with Gasteiger partial charge in [-0.15, -0.1) is 0 Å². The zero-order valence-corrected chi connectivity index (χ0v) is 19.8. The maximum absolute atomic E-state index is 13.2. The number of piperidine rings is 1. The number of carbonyl (C=O) groups is 1. The van der Waals surface area contributed by atoms with Crippen molar-refractivity contribution in [3.63, 3.8) is 0 Å². The molecule has 7 nitrogen and oxygen atoms in total. The fourth-order valence-corrected chi connectivity index (χ4v) is 4.83. The van der Waals surface area contributed by atoms with Gasteiger partial charge in [0, 0.05) is 29.9 Å². The van der Waals surface area contributed by atoms with E-state index in [4.69, 9.17) is 11.6 Å². The summed E-state index contributed by atoms with van der Waals surface area (Å²) in [6.45, 7) is 2.95. The van der Waals surface area contributed by atoms with Gasteiger partial charge in [-0.3, -0.25) is 4.79 Å². The summed E-state index contributed by atoms with van der Waals surface area (Å²) in [5.41, 5.74) is 4.50. The first-order chi connectivity index (χ1) is 16.6. The molecule has 1 aliphatic heterocycles. The zero-order chi connectivity index (χ0) is 23.5. The number of aromatic nitrogens is 3. The quantitative estimate of drug-likeness (QED) is 0.422. The molecule has 34 heavy (non-hydrogen) atoms. The lowest BCUT2D eigenvalue weighted by Crippen LogP contribution is -2.39. The van der Waals surface area contributed by atoms with Crippen LogP contribution in [0.3, 0.4) is 0 Å². The van der Waals surface area contributed by atoms with E-state index in [2.05, 4.69) is 31.7 Å². The van der Waals surface area contributed by atoms with E-state index in [1.54, 1.807) is 23.0 Å². The van der Waals surface area contributed by atoms with Gasteiger partial charge in [0.25, 0.3) is 5.91 Å². The molecular weight excluding hydrogens is 448 g/mol. The van der Waals surface area contributed by atoms with E-state index >= 15 is 0 Å². The molecule has 1 unspecified atom stereocenters. The lowest BCUT2D eigenvalue weighted by molar-refractivity contribution is 0.102. The number of nitrogens with zero attached hydrogens (tertiary/aromatic N) is 4. The molecule has 0 saturated carbocycles. The second kappa shape index (κ2) is 9.83. The van der Waals surface area contributed by atoms with Crippen molar-refractivity contribution >= 4 is 34.5 Å². The van der Waals surface area contributed by atoms with Crippen LogP contribution in [0.25, 0.3) is 16.8 Å². The van der Waals surface area contributed by atoms with Gasteiger partial charge in [-0.05, 0) is 68.2 Å². The molecular formula is C26H27ClN6O. The number of carbonyl (C=O) groups excluding carboxylic acids is 1. The van der Waals surface area contributed by atoms with Crippen molar-refractivity contribution in [3.8, 4) is 11.1 Å². The Morgan fingerprint density at radius 2 is 2.06 bits per heavy atom. The van der Waals surface area contributed by atoms with Gasteiger partial charge >= 0.3 is 0 Å². The van der Waals surface area contributed by atoms with E-state index in [9.17, 15) is 4.79 Å². The van der Waals surface area contributed by atoms with Crippen molar-refractivity contribution < 1.29 is 4.79 Å². The van der Waals surface area contributed by atoms with Crippen LogP contribution in [0.15, 0.2) is 67.0 Å². The van der Waals surface area contributed by atoms with Gasteiger partial charge < -0.3 is 15.5 Å². The van der Waals surface area contributed by atoms with Crippen LogP contribution in [0, 0.1) is 5.92 Å². The molecule has 3 heterocycles. The first-order valence-corrected chi connectivity index (χ1v) is 11.9. The second-order valence-electron chi connectivity index (χ2n) is 8.63. The molecule has 1 amide bonds. The van der Waals surface area contributed by atoms with Crippen LogP contribution >= 0.6 is 11.6 Å². The maximum Gasteiger partial charge on any atom is 0.274 e. The van der Waals surface area contributed by atoms with Crippen molar-refractivity contribution in [2.75, 3.05) is 36.9 Å². The SMILES string of the molecule is CNCC1CCCN(c2ccccc2NC(=O)c2ccn3ncc(-c4cccc(Cl)c4)c3n2)C1. The number of rotatable bonds is 6. The van der Waals surface area contributed by atoms with Gasteiger partial charge in [-0.25, -0.2) is 9.50 Å². The maximum atomic E-state index is 13.2. The summed E-state index contributed by atoms with van der Waals surface area (Å²) in [6, 6.07) is 17.2. The predicted octanol–water partition coefficient (Wildman–Crippen LogP) is 4.74. The number of nitrogens with one attached hydrogen (secondary N) is 2. The van der Waals surface area contributed by atoms with Gasteiger partial charge in [0.05, 0.1) is 17.6 Å². The summed E-state index contributed by atoms with van der Waals surface area (Å²) in [5.74, 6) is 0.343. The van der Waals surface area contributed by atoms with Crippen LogP contribution in [0.1, 0.15) is 23.3 Å². The topological polar surface area (TPSA) is 74.6 Å². The molecule has 0 aliphatic carbocycles. The van der Waals surface area contributed by atoms with E-state index < -0.39 is 0 Å². The molecule has 174 valence electrons. The number of fused-ring (bicyclic) bond motifs is 1. The predicted molar refractivity (Wildman–Crippen MR) is 137 cm³/mol. The fourth-order valence-electron chi connectivity index (χ4n) is 4.64. The number of amides is 1. The Morgan fingerprint density at radius 1 is 1.18 bits per heavy atom. The molecule has 1 fully saturated rings. The van der Waals surface area contributed by atoms with Crippen LogP contribution in [0.5, 0.6) is 0 Å². The highest BCUT2D eigenvalue weighted by Crippen LogP contribution is 2.30. The monoisotopic (exact) mass is 474 g/mol. The normalized spacial score (nSPS) is 16.1. The van der Waals surface area contributed by atoms with Crippen molar-refractivity contribution in [2.45, 2.75) is 12.8 Å². The van der Waals surface area contributed by atoms with Crippen LogP contribution < -0.4 is 15.5 Å². The van der Waals surface area contributed by atoms with Gasteiger partial charge in [0.1, 0.15) is 5.69 Å².